The largest absolute Gasteiger partial charge is 0.508 e. The molecule has 1 aromatic carbocycles. The summed E-state index contributed by atoms with van der Waals surface area (Å²) < 4.78 is 5.35. The molecule has 1 rings (SSSR count). The van der Waals surface area contributed by atoms with Crippen LogP contribution in [-0.2, 0) is 20.7 Å². The average Bonchev–Trinajstić information content (AvgIpc) is 2.88. The molecule has 7 heteroatoms. The summed E-state index contributed by atoms with van der Waals surface area (Å²) in [7, 11) is 0. The first-order valence-electron chi connectivity index (χ1n) is 12.7. The van der Waals surface area contributed by atoms with E-state index in [-0.39, 0.29) is 11.7 Å². The first kappa shape index (κ1) is 31.3. The zero-order valence-electron chi connectivity index (χ0n) is 22.3. The van der Waals surface area contributed by atoms with Gasteiger partial charge in [0.25, 0.3) is 0 Å². The molecule has 0 heterocycles. The van der Waals surface area contributed by atoms with Gasteiger partial charge in [-0.25, -0.2) is 4.79 Å². The van der Waals surface area contributed by atoms with Crippen LogP contribution in [0.15, 0.2) is 71.5 Å². The maximum absolute atomic E-state index is 13.1. The van der Waals surface area contributed by atoms with E-state index in [2.05, 4.69) is 16.6 Å². The molecule has 1 aromatic rings. The molecule has 0 radical (unpaired) electrons. The van der Waals surface area contributed by atoms with E-state index in [9.17, 15) is 14.7 Å². The van der Waals surface area contributed by atoms with Crippen LogP contribution in [0.3, 0.4) is 0 Å². The summed E-state index contributed by atoms with van der Waals surface area (Å²) in [5, 5.41) is 15.3. The number of aryl methyl sites for hydroxylation is 1. The summed E-state index contributed by atoms with van der Waals surface area (Å²) in [4.78, 5) is 25.8. The Hall–Kier alpha value is -3.76. The van der Waals surface area contributed by atoms with Gasteiger partial charge in [-0.1, -0.05) is 56.5 Å². The number of nitrogens with two attached hydrogens (primary N) is 1. The van der Waals surface area contributed by atoms with Crippen molar-refractivity contribution in [3.63, 3.8) is 0 Å². The lowest BCUT2D eigenvalue weighted by Crippen LogP contribution is -2.52. The second-order valence-electron chi connectivity index (χ2n) is 8.52. The van der Waals surface area contributed by atoms with Gasteiger partial charge in [0.05, 0.1) is 6.61 Å². The number of ether oxygens (including phenoxy) is 1. The van der Waals surface area contributed by atoms with Crippen LogP contribution in [0.2, 0.25) is 0 Å². The van der Waals surface area contributed by atoms with E-state index < -0.39 is 12.1 Å². The highest BCUT2D eigenvalue weighted by atomic mass is 16.5. The number of rotatable bonds is 16. The van der Waals surface area contributed by atoms with Crippen molar-refractivity contribution < 1.29 is 19.4 Å². The third-order valence-electron chi connectivity index (χ3n) is 5.50. The average molecular weight is 508 g/mol. The summed E-state index contributed by atoms with van der Waals surface area (Å²) in [5.41, 5.74) is 9.16. The first-order chi connectivity index (χ1) is 17.8. The number of phenolic OH excluding ortho intramolecular Hbond substituents is 1. The van der Waals surface area contributed by atoms with Crippen LogP contribution in [0.1, 0.15) is 58.4 Å². The molecule has 0 aliphatic rings. The lowest BCUT2D eigenvalue weighted by atomic mass is 9.99. The molecule has 0 unspecified atom stereocenters. The maximum atomic E-state index is 13.1. The van der Waals surface area contributed by atoms with Gasteiger partial charge in [-0.3, -0.25) is 10.1 Å². The molecule has 1 atom stereocenters. The number of phenols is 1. The van der Waals surface area contributed by atoms with Crippen molar-refractivity contribution in [3.05, 3.63) is 77.1 Å². The Morgan fingerprint density at radius 1 is 1.22 bits per heavy atom. The fraction of sp³-hybridized carbons (Fsp3) is 0.400. The van der Waals surface area contributed by atoms with E-state index in [1.807, 2.05) is 38.1 Å². The van der Waals surface area contributed by atoms with E-state index in [0.29, 0.717) is 50.1 Å². The van der Waals surface area contributed by atoms with Crippen molar-refractivity contribution in [2.24, 2.45) is 5.73 Å². The fourth-order valence-corrected chi connectivity index (χ4v) is 3.28. The van der Waals surface area contributed by atoms with E-state index in [1.54, 1.807) is 37.3 Å². The molecule has 37 heavy (non-hydrogen) atoms. The summed E-state index contributed by atoms with van der Waals surface area (Å²) in [6.07, 6.45) is 17.2. The standard InChI is InChI=1S/C30H41N3O4/c1-5-8-10-11-12-13-20-32-28(30(36)37-21-9-6-2)33-29(35)25(7-3)22-26(23(4)31)17-14-24-15-18-27(34)19-16-24/h1,8,10-12,15-16,18-19,22,28,32,34H,6-7,9,13-14,17,20-21,31H2,2-4H3,(H,33,35)/b10-8-,12-11-,25-22+,26-23+/t28-/m1/s1. The molecule has 7 nitrogen and oxygen atoms in total. The van der Waals surface area contributed by atoms with Crippen molar-refractivity contribution in [3.8, 4) is 18.1 Å². The lowest BCUT2D eigenvalue weighted by Gasteiger charge is -2.20. The zero-order chi connectivity index (χ0) is 27.5. The third-order valence-corrected chi connectivity index (χ3v) is 5.50. The molecular weight excluding hydrogens is 466 g/mol. The Kier molecular flexibility index (Phi) is 15.6. The molecule has 200 valence electrons. The predicted octanol–water partition coefficient (Wildman–Crippen LogP) is 4.40. The van der Waals surface area contributed by atoms with Crippen LogP contribution in [0.4, 0.5) is 0 Å². The number of carbonyl (C=O) groups is 2. The van der Waals surface area contributed by atoms with E-state index in [0.717, 1.165) is 24.0 Å². The van der Waals surface area contributed by atoms with E-state index in [4.69, 9.17) is 16.9 Å². The van der Waals surface area contributed by atoms with Gasteiger partial charge in [0, 0.05) is 17.8 Å². The SMILES string of the molecule is C#C/C=C\C=C/CCN[C@H](NC(=O)/C(=C/C(CCc1ccc(O)cc1)=C(\C)N)CC)C(=O)OCCCC. The number of nitrogens with one attached hydrogen (secondary N) is 2. The quantitative estimate of drug-likeness (QED) is 0.0658. The van der Waals surface area contributed by atoms with Gasteiger partial charge in [0.15, 0.2) is 6.17 Å². The van der Waals surface area contributed by atoms with Crippen LogP contribution >= 0.6 is 0 Å². The van der Waals surface area contributed by atoms with Gasteiger partial charge in [-0.15, -0.1) is 6.42 Å². The minimum Gasteiger partial charge on any atom is -0.508 e. The molecule has 0 saturated carbocycles. The summed E-state index contributed by atoms with van der Waals surface area (Å²) in [5.74, 6) is 1.75. The van der Waals surface area contributed by atoms with Crippen LogP contribution in [-0.4, -0.2) is 36.3 Å². The molecule has 5 N–H and O–H groups in total. The Labute approximate surface area is 221 Å². The molecule has 0 saturated heterocycles. The molecule has 0 aliphatic carbocycles. The number of hydrogen-bond donors (Lipinski definition) is 4. The van der Waals surface area contributed by atoms with Gasteiger partial charge >= 0.3 is 5.97 Å². The molecular formula is C30H41N3O4. The highest BCUT2D eigenvalue weighted by Crippen LogP contribution is 2.18. The number of terminal acetylenes is 1. The fourth-order valence-electron chi connectivity index (χ4n) is 3.28. The zero-order valence-corrected chi connectivity index (χ0v) is 22.3. The minimum absolute atomic E-state index is 0.215. The first-order valence-corrected chi connectivity index (χ1v) is 12.7. The molecule has 0 fully saturated rings. The van der Waals surface area contributed by atoms with Gasteiger partial charge < -0.3 is 20.9 Å². The number of carbonyl (C=O) groups excluding carboxylic acids is 2. The highest BCUT2D eigenvalue weighted by molar-refractivity contribution is 5.96. The minimum atomic E-state index is -0.975. The Morgan fingerprint density at radius 2 is 1.95 bits per heavy atom. The van der Waals surface area contributed by atoms with Crippen molar-refractivity contribution in [2.45, 2.75) is 65.5 Å². The summed E-state index contributed by atoms with van der Waals surface area (Å²) >= 11 is 0. The lowest BCUT2D eigenvalue weighted by molar-refractivity contribution is -0.148. The molecule has 0 bridgehead atoms. The summed E-state index contributed by atoms with van der Waals surface area (Å²) in [6, 6.07) is 7.00. The number of aromatic hydroxyl groups is 1. The van der Waals surface area contributed by atoms with Gasteiger partial charge in [0.2, 0.25) is 5.91 Å². The second-order valence-corrected chi connectivity index (χ2v) is 8.52. The van der Waals surface area contributed by atoms with Crippen LogP contribution in [0, 0.1) is 12.3 Å². The topological polar surface area (TPSA) is 114 Å². The van der Waals surface area contributed by atoms with E-state index >= 15 is 0 Å². The van der Waals surface area contributed by atoms with Crippen molar-refractivity contribution >= 4 is 11.9 Å². The predicted molar refractivity (Wildman–Crippen MR) is 149 cm³/mol. The van der Waals surface area contributed by atoms with Crippen LogP contribution < -0.4 is 16.4 Å². The molecule has 0 spiro atoms. The van der Waals surface area contributed by atoms with Gasteiger partial charge in [-0.05, 0) is 74.4 Å². The number of esters is 1. The van der Waals surface area contributed by atoms with Crippen molar-refractivity contribution in [1.29, 1.82) is 0 Å². The number of allylic oxidation sites excluding steroid dienone is 6. The monoisotopic (exact) mass is 507 g/mol. The molecule has 1 amide bonds. The second kappa shape index (κ2) is 18.5. The Balaban J connectivity index is 2.91. The third kappa shape index (κ3) is 13.2. The number of benzene rings is 1. The number of amides is 1. The Morgan fingerprint density at radius 3 is 2.57 bits per heavy atom. The van der Waals surface area contributed by atoms with Crippen molar-refractivity contribution in [2.75, 3.05) is 13.2 Å². The van der Waals surface area contributed by atoms with Gasteiger partial charge in [-0.2, -0.15) is 0 Å². The Bertz CT molecular complexity index is 1010. The van der Waals surface area contributed by atoms with Gasteiger partial charge in [0.1, 0.15) is 5.75 Å². The molecule has 0 aromatic heterocycles. The molecule has 0 aliphatic heterocycles. The maximum Gasteiger partial charge on any atom is 0.343 e. The highest BCUT2D eigenvalue weighted by Gasteiger charge is 2.23. The summed E-state index contributed by atoms with van der Waals surface area (Å²) in [6.45, 7) is 6.45. The smallest absolute Gasteiger partial charge is 0.343 e. The van der Waals surface area contributed by atoms with E-state index in [1.165, 1.54) is 0 Å². The van der Waals surface area contributed by atoms with Crippen LogP contribution in [0.5, 0.6) is 5.75 Å². The normalized spacial score (nSPS) is 13.3. The number of unbranched alkanes of at least 4 members (excludes halogenated alkanes) is 1. The number of hydrogen-bond acceptors (Lipinski definition) is 6. The van der Waals surface area contributed by atoms with Crippen LogP contribution in [0.25, 0.3) is 0 Å². The van der Waals surface area contributed by atoms with Crippen molar-refractivity contribution in [1.82, 2.24) is 10.6 Å².